The summed E-state index contributed by atoms with van der Waals surface area (Å²) in [7, 11) is 0. The van der Waals surface area contributed by atoms with Crippen LogP contribution in [0.3, 0.4) is 0 Å². The van der Waals surface area contributed by atoms with Gasteiger partial charge in [-0.05, 0) is 29.3 Å². The van der Waals surface area contributed by atoms with Crippen molar-refractivity contribution in [2.75, 3.05) is 38.2 Å². The Balaban J connectivity index is 1.69. The molecule has 3 rings (SSSR count). The first kappa shape index (κ1) is 18.2. The second kappa shape index (κ2) is 8.69. The van der Waals surface area contributed by atoms with Crippen molar-refractivity contribution in [1.82, 2.24) is 9.88 Å². The number of carbonyl (C=O) groups is 2. The molecule has 26 heavy (non-hydrogen) atoms. The minimum atomic E-state index is -0.165. The van der Waals surface area contributed by atoms with Crippen LogP contribution in [0.1, 0.15) is 23.7 Å². The number of morpholine rings is 1. The quantitative estimate of drug-likeness (QED) is 0.808. The van der Waals surface area contributed by atoms with Crippen molar-refractivity contribution in [1.29, 1.82) is 0 Å². The number of anilines is 1. The molecular weight excluding hydrogens is 330 g/mol. The average molecular weight is 353 g/mol. The summed E-state index contributed by atoms with van der Waals surface area (Å²) in [5.41, 5.74) is 2.54. The summed E-state index contributed by atoms with van der Waals surface area (Å²) >= 11 is 0. The van der Waals surface area contributed by atoms with Crippen LogP contribution < -0.4 is 5.32 Å². The molecule has 0 unspecified atom stereocenters. The average Bonchev–Trinajstić information content (AvgIpc) is 2.67. The van der Waals surface area contributed by atoms with E-state index in [1.165, 1.54) is 6.92 Å². The molecule has 1 fully saturated rings. The van der Waals surface area contributed by atoms with Crippen LogP contribution in [0.15, 0.2) is 42.6 Å². The van der Waals surface area contributed by atoms with Crippen molar-refractivity contribution < 1.29 is 14.3 Å². The third-order valence-electron chi connectivity index (χ3n) is 4.34. The lowest BCUT2D eigenvalue weighted by molar-refractivity contribution is -0.114. The van der Waals surface area contributed by atoms with E-state index in [4.69, 9.17) is 4.74 Å². The molecule has 2 aromatic rings. The first-order valence-corrected chi connectivity index (χ1v) is 8.79. The molecule has 6 nitrogen and oxygen atoms in total. The fraction of sp³-hybridized carbons (Fsp3) is 0.350. The predicted octanol–water partition coefficient (Wildman–Crippen LogP) is 2.61. The number of benzene rings is 1. The Bertz CT molecular complexity index is 785. The minimum Gasteiger partial charge on any atom is -0.379 e. The van der Waals surface area contributed by atoms with Gasteiger partial charge in [0, 0.05) is 44.7 Å². The number of hydrogen-bond donors (Lipinski definition) is 1. The molecule has 136 valence electrons. The van der Waals surface area contributed by atoms with Gasteiger partial charge in [-0.25, -0.2) is 4.98 Å². The molecule has 6 heteroatoms. The van der Waals surface area contributed by atoms with E-state index < -0.39 is 0 Å². The molecule has 1 N–H and O–H groups in total. The maximum absolute atomic E-state index is 12.6. The Hall–Kier alpha value is -2.57. The van der Waals surface area contributed by atoms with E-state index in [1.54, 1.807) is 12.3 Å². The highest BCUT2D eigenvalue weighted by Gasteiger charge is 2.13. The molecule has 1 aliphatic rings. The molecule has 1 aromatic carbocycles. The van der Waals surface area contributed by atoms with Crippen LogP contribution >= 0.6 is 0 Å². The number of ether oxygens (including phenoxy) is 1. The van der Waals surface area contributed by atoms with Crippen molar-refractivity contribution in [3.8, 4) is 11.1 Å². The van der Waals surface area contributed by atoms with Crippen LogP contribution in [0.5, 0.6) is 0 Å². The van der Waals surface area contributed by atoms with Crippen LogP contribution in [0.25, 0.3) is 11.1 Å². The highest BCUT2D eigenvalue weighted by Crippen LogP contribution is 2.23. The Morgan fingerprint density at radius 3 is 2.69 bits per heavy atom. The Labute approximate surface area is 153 Å². The number of amides is 1. The van der Waals surface area contributed by atoms with Gasteiger partial charge in [0.05, 0.1) is 13.2 Å². The summed E-state index contributed by atoms with van der Waals surface area (Å²) in [5, 5.41) is 2.68. The van der Waals surface area contributed by atoms with Crippen molar-refractivity contribution in [3.63, 3.8) is 0 Å². The first-order chi connectivity index (χ1) is 12.6. The van der Waals surface area contributed by atoms with Crippen LogP contribution in [0, 0.1) is 0 Å². The van der Waals surface area contributed by atoms with Gasteiger partial charge in [-0.3, -0.25) is 14.5 Å². The van der Waals surface area contributed by atoms with Crippen molar-refractivity contribution in [2.45, 2.75) is 13.3 Å². The zero-order valence-corrected chi connectivity index (χ0v) is 14.9. The van der Waals surface area contributed by atoms with E-state index in [2.05, 4.69) is 15.2 Å². The van der Waals surface area contributed by atoms with E-state index >= 15 is 0 Å². The second-order valence-electron chi connectivity index (χ2n) is 6.32. The fourth-order valence-electron chi connectivity index (χ4n) is 2.96. The van der Waals surface area contributed by atoms with E-state index in [0.29, 0.717) is 17.8 Å². The topological polar surface area (TPSA) is 71.5 Å². The smallest absolute Gasteiger partial charge is 0.222 e. The summed E-state index contributed by atoms with van der Waals surface area (Å²) < 4.78 is 5.33. The van der Waals surface area contributed by atoms with Gasteiger partial charge in [-0.15, -0.1) is 0 Å². The van der Waals surface area contributed by atoms with Gasteiger partial charge < -0.3 is 10.1 Å². The molecule has 0 spiro atoms. The summed E-state index contributed by atoms with van der Waals surface area (Å²) in [6, 6.07) is 11.2. The van der Waals surface area contributed by atoms with Gasteiger partial charge in [-0.2, -0.15) is 0 Å². The number of aromatic nitrogens is 1. The van der Waals surface area contributed by atoms with Crippen molar-refractivity contribution >= 4 is 17.5 Å². The number of carbonyl (C=O) groups excluding carboxylic acids is 2. The monoisotopic (exact) mass is 353 g/mol. The lowest BCUT2D eigenvalue weighted by Gasteiger charge is -2.26. The van der Waals surface area contributed by atoms with Crippen molar-refractivity contribution in [2.24, 2.45) is 0 Å². The molecule has 1 aromatic heterocycles. The zero-order valence-electron chi connectivity index (χ0n) is 14.9. The SMILES string of the molecule is CC(=O)Nc1cc(-c2cccc(C(=O)CCN3CCOCC3)c2)ccn1. The largest absolute Gasteiger partial charge is 0.379 e. The number of Topliss-reactive ketones (excluding diaryl/α,β-unsaturated/α-hetero) is 1. The zero-order chi connectivity index (χ0) is 18.4. The molecule has 2 heterocycles. The highest BCUT2D eigenvalue weighted by molar-refractivity contribution is 5.97. The number of rotatable bonds is 6. The summed E-state index contributed by atoms with van der Waals surface area (Å²) in [4.78, 5) is 30.1. The lowest BCUT2D eigenvalue weighted by atomic mass is 10.0. The van der Waals surface area contributed by atoms with E-state index in [0.717, 1.165) is 44.0 Å². The van der Waals surface area contributed by atoms with Gasteiger partial charge in [-0.1, -0.05) is 18.2 Å². The fourth-order valence-corrected chi connectivity index (χ4v) is 2.96. The Morgan fingerprint density at radius 1 is 1.15 bits per heavy atom. The molecule has 0 atom stereocenters. The van der Waals surface area contributed by atoms with Gasteiger partial charge in [0.1, 0.15) is 5.82 Å². The maximum Gasteiger partial charge on any atom is 0.222 e. The predicted molar refractivity (Wildman–Crippen MR) is 100 cm³/mol. The summed E-state index contributed by atoms with van der Waals surface area (Å²) in [5.74, 6) is 0.468. The molecule has 1 saturated heterocycles. The number of nitrogens with zero attached hydrogens (tertiary/aromatic N) is 2. The number of pyridine rings is 1. The summed E-state index contributed by atoms with van der Waals surface area (Å²) in [6.45, 7) is 5.45. The normalized spacial score (nSPS) is 14.8. The van der Waals surface area contributed by atoms with Crippen LogP contribution in [-0.4, -0.2) is 54.4 Å². The summed E-state index contributed by atoms with van der Waals surface area (Å²) in [6.07, 6.45) is 2.14. The van der Waals surface area contributed by atoms with Gasteiger partial charge in [0.15, 0.2) is 5.78 Å². The maximum atomic E-state index is 12.6. The number of ketones is 1. The van der Waals surface area contributed by atoms with E-state index in [1.807, 2.05) is 30.3 Å². The molecule has 0 saturated carbocycles. The molecule has 0 aliphatic carbocycles. The molecule has 1 amide bonds. The van der Waals surface area contributed by atoms with E-state index in [9.17, 15) is 9.59 Å². The first-order valence-electron chi connectivity index (χ1n) is 8.79. The Kier molecular flexibility index (Phi) is 6.09. The standard InChI is InChI=1S/C20H23N3O3/c1-15(24)22-20-14-17(5-7-21-20)16-3-2-4-18(13-16)19(25)6-8-23-9-11-26-12-10-23/h2-5,7,13-14H,6,8-12H2,1H3,(H,21,22,24). The van der Waals surface area contributed by atoms with Crippen LogP contribution in [0.4, 0.5) is 5.82 Å². The lowest BCUT2D eigenvalue weighted by Crippen LogP contribution is -2.37. The third kappa shape index (κ3) is 4.97. The third-order valence-corrected chi connectivity index (χ3v) is 4.34. The molecule has 0 radical (unpaired) electrons. The van der Waals surface area contributed by atoms with Gasteiger partial charge >= 0.3 is 0 Å². The Morgan fingerprint density at radius 2 is 1.92 bits per heavy atom. The van der Waals surface area contributed by atoms with E-state index in [-0.39, 0.29) is 11.7 Å². The van der Waals surface area contributed by atoms with Crippen LogP contribution in [0.2, 0.25) is 0 Å². The highest BCUT2D eigenvalue weighted by atomic mass is 16.5. The molecule has 0 bridgehead atoms. The number of hydrogen-bond acceptors (Lipinski definition) is 5. The van der Waals surface area contributed by atoms with Crippen molar-refractivity contribution in [3.05, 3.63) is 48.2 Å². The number of nitrogens with one attached hydrogen (secondary N) is 1. The second-order valence-corrected chi connectivity index (χ2v) is 6.32. The molecular formula is C20H23N3O3. The van der Waals surface area contributed by atoms with Crippen LogP contribution in [-0.2, 0) is 9.53 Å². The minimum absolute atomic E-state index is 0.134. The van der Waals surface area contributed by atoms with Gasteiger partial charge in [0.25, 0.3) is 0 Å². The molecule has 1 aliphatic heterocycles. The van der Waals surface area contributed by atoms with Gasteiger partial charge in [0.2, 0.25) is 5.91 Å².